The van der Waals surface area contributed by atoms with Crippen molar-refractivity contribution in [1.82, 2.24) is 10.2 Å². The van der Waals surface area contributed by atoms with E-state index in [4.69, 9.17) is 0 Å². The Morgan fingerprint density at radius 3 is 2.33 bits per heavy atom. The number of carbonyl (C=O) groups is 1. The highest BCUT2D eigenvalue weighted by Crippen LogP contribution is 2.33. The number of likely N-dealkylation sites (N-methyl/N-ethyl adjacent to an activating group) is 2. The van der Waals surface area contributed by atoms with Gasteiger partial charge >= 0.3 is 0 Å². The Labute approximate surface area is 200 Å². The molecule has 0 radical (unpaired) electrons. The maximum absolute atomic E-state index is 12.6. The molecule has 0 aliphatic heterocycles. The average molecular weight is 455 g/mol. The van der Waals surface area contributed by atoms with E-state index in [0.717, 1.165) is 12.0 Å². The lowest BCUT2D eigenvalue weighted by atomic mass is 9.99. The molecule has 0 aliphatic carbocycles. The normalized spacial score (nSPS) is 12.0. The number of rotatable bonds is 8. The molecular weight excluding hydrogens is 424 g/mol. The van der Waals surface area contributed by atoms with Gasteiger partial charge < -0.3 is 5.32 Å². The van der Waals surface area contributed by atoms with Crippen molar-refractivity contribution in [3.05, 3.63) is 107 Å². The minimum atomic E-state index is -0.328. The molecule has 3 aromatic carbocycles. The van der Waals surface area contributed by atoms with Crippen molar-refractivity contribution in [2.24, 2.45) is 0 Å². The Balaban J connectivity index is 1.53. The van der Waals surface area contributed by atoms with Gasteiger partial charge in [0.15, 0.2) is 0 Å². The van der Waals surface area contributed by atoms with Gasteiger partial charge in [-0.15, -0.1) is 11.3 Å². The second-order valence-electron chi connectivity index (χ2n) is 8.25. The number of nitrogens with zero attached hydrogens (tertiary/aromatic N) is 1. The van der Waals surface area contributed by atoms with Crippen LogP contribution in [0.4, 0.5) is 0 Å². The molecule has 0 aliphatic rings. The number of hydrogen-bond donors (Lipinski definition) is 1. The van der Waals surface area contributed by atoms with Crippen LogP contribution in [0.5, 0.6) is 0 Å². The number of carbonyl (C=O) groups excluding carboxylic acids is 1. The molecule has 1 heterocycles. The van der Waals surface area contributed by atoms with Gasteiger partial charge in [-0.2, -0.15) is 0 Å². The van der Waals surface area contributed by atoms with E-state index in [1.165, 1.54) is 32.7 Å². The van der Waals surface area contributed by atoms with Crippen molar-refractivity contribution >= 4 is 17.2 Å². The number of amides is 1. The molecule has 0 bridgehead atoms. The number of thiophene rings is 1. The van der Waals surface area contributed by atoms with Crippen molar-refractivity contribution < 1.29 is 4.79 Å². The molecule has 1 atom stereocenters. The monoisotopic (exact) mass is 454 g/mol. The van der Waals surface area contributed by atoms with E-state index in [-0.39, 0.29) is 11.9 Å². The summed E-state index contributed by atoms with van der Waals surface area (Å²) in [5.41, 5.74) is 7.26. The van der Waals surface area contributed by atoms with Crippen LogP contribution in [0.25, 0.3) is 21.6 Å². The van der Waals surface area contributed by atoms with E-state index in [9.17, 15) is 4.79 Å². The SMILES string of the molecule is CCc1ccsc1-c1cccc(-c2ccc(CN(C)[C@@H](C(=O)NC)c3ccccc3)cc2)c1. The standard InChI is InChI=1S/C29H30N2OS/c1-4-22-17-18-33-28(22)26-12-8-11-25(19-26)23-15-13-21(14-16-23)20-31(3)27(29(32)30-2)24-9-6-5-7-10-24/h5-19,27H,4,20H2,1-3H3,(H,30,32)/t27-/m1/s1. The minimum Gasteiger partial charge on any atom is -0.358 e. The molecule has 4 rings (SSSR count). The highest BCUT2D eigenvalue weighted by molar-refractivity contribution is 7.13. The third kappa shape index (κ3) is 5.24. The highest BCUT2D eigenvalue weighted by Gasteiger charge is 2.24. The van der Waals surface area contributed by atoms with Crippen molar-refractivity contribution in [2.75, 3.05) is 14.1 Å². The van der Waals surface area contributed by atoms with Crippen LogP contribution in [0.1, 0.15) is 29.7 Å². The summed E-state index contributed by atoms with van der Waals surface area (Å²) in [5.74, 6) is -0.00263. The van der Waals surface area contributed by atoms with Crippen LogP contribution in [-0.2, 0) is 17.8 Å². The summed E-state index contributed by atoms with van der Waals surface area (Å²) in [6, 6.07) is 29.3. The van der Waals surface area contributed by atoms with Crippen molar-refractivity contribution in [1.29, 1.82) is 0 Å². The zero-order chi connectivity index (χ0) is 23.2. The van der Waals surface area contributed by atoms with Gasteiger partial charge in [-0.1, -0.05) is 79.7 Å². The molecule has 0 unspecified atom stereocenters. The first kappa shape index (κ1) is 23.0. The highest BCUT2D eigenvalue weighted by atomic mass is 32.1. The predicted molar refractivity (Wildman–Crippen MR) is 139 cm³/mol. The fourth-order valence-corrected chi connectivity index (χ4v) is 5.26. The third-order valence-electron chi connectivity index (χ3n) is 6.02. The largest absolute Gasteiger partial charge is 0.358 e. The lowest BCUT2D eigenvalue weighted by Gasteiger charge is -2.27. The maximum Gasteiger partial charge on any atom is 0.241 e. The molecule has 4 heteroatoms. The molecule has 33 heavy (non-hydrogen) atoms. The Hall–Kier alpha value is -3.21. The van der Waals surface area contributed by atoms with Gasteiger partial charge in [0.1, 0.15) is 6.04 Å². The molecule has 3 nitrogen and oxygen atoms in total. The van der Waals surface area contributed by atoms with Crippen LogP contribution >= 0.6 is 11.3 Å². The maximum atomic E-state index is 12.6. The predicted octanol–water partition coefficient (Wildman–Crippen LogP) is 6.56. The van der Waals surface area contributed by atoms with E-state index in [2.05, 4.69) is 77.1 Å². The van der Waals surface area contributed by atoms with Crippen molar-refractivity contribution in [3.63, 3.8) is 0 Å². The van der Waals surface area contributed by atoms with E-state index in [1.54, 1.807) is 7.05 Å². The molecule has 4 aromatic rings. The second kappa shape index (κ2) is 10.6. The van der Waals surface area contributed by atoms with E-state index >= 15 is 0 Å². The first-order valence-electron chi connectivity index (χ1n) is 11.3. The third-order valence-corrected chi connectivity index (χ3v) is 7.03. The summed E-state index contributed by atoms with van der Waals surface area (Å²) in [6.45, 7) is 2.89. The molecule has 1 aromatic heterocycles. The number of hydrogen-bond acceptors (Lipinski definition) is 3. The van der Waals surface area contributed by atoms with E-state index < -0.39 is 0 Å². The van der Waals surface area contributed by atoms with Crippen molar-refractivity contribution in [3.8, 4) is 21.6 Å². The van der Waals surface area contributed by atoms with Gasteiger partial charge in [0.2, 0.25) is 5.91 Å². The Kier molecular flexibility index (Phi) is 7.38. The lowest BCUT2D eigenvalue weighted by molar-refractivity contribution is -0.125. The molecule has 0 saturated heterocycles. The summed E-state index contributed by atoms with van der Waals surface area (Å²) in [7, 11) is 3.69. The first-order chi connectivity index (χ1) is 16.1. The van der Waals surface area contributed by atoms with Crippen LogP contribution in [0.15, 0.2) is 90.3 Å². The van der Waals surface area contributed by atoms with Crippen LogP contribution in [0.3, 0.4) is 0 Å². The molecule has 0 fully saturated rings. The minimum absolute atomic E-state index is 0.00263. The van der Waals surface area contributed by atoms with E-state index in [0.29, 0.717) is 6.54 Å². The Morgan fingerprint density at radius 1 is 0.909 bits per heavy atom. The molecule has 0 spiro atoms. The van der Waals surface area contributed by atoms with Gasteiger partial charge in [-0.3, -0.25) is 9.69 Å². The smallest absolute Gasteiger partial charge is 0.241 e. The van der Waals surface area contributed by atoms with Gasteiger partial charge in [0, 0.05) is 18.5 Å². The van der Waals surface area contributed by atoms with Crippen LogP contribution in [-0.4, -0.2) is 24.9 Å². The summed E-state index contributed by atoms with van der Waals surface area (Å²) in [4.78, 5) is 16.1. The molecule has 1 N–H and O–H groups in total. The summed E-state index contributed by atoms with van der Waals surface area (Å²) < 4.78 is 0. The van der Waals surface area contributed by atoms with E-state index in [1.807, 2.05) is 48.7 Å². The van der Waals surface area contributed by atoms with Gasteiger partial charge in [-0.05, 0) is 64.4 Å². The van der Waals surface area contributed by atoms with Gasteiger partial charge in [0.05, 0.1) is 0 Å². The molecular formula is C29H30N2OS. The summed E-state index contributed by atoms with van der Waals surface area (Å²) >= 11 is 1.81. The topological polar surface area (TPSA) is 32.3 Å². The number of benzene rings is 3. The quantitative estimate of drug-likeness (QED) is 0.327. The lowest BCUT2D eigenvalue weighted by Crippen LogP contribution is -2.36. The Bertz CT molecular complexity index is 1200. The summed E-state index contributed by atoms with van der Waals surface area (Å²) in [6.07, 6.45) is 1.05. The molecule has 0 saturated carbocycles. The average Bonchev–Trinajstić information content (AvgIpc) is 3.34. The number of nitrogens with one attached hydrogen (secondary N) is 1. The fourth-order valence-electron chi connectivity index (χ4n) is 4.27. The zero-order valence-corrected chi connectivity index (χ0v) is 20.2. The fraction of sp³-hybridized carbons (Fsp3) is 0.207. The summed E-state index contributed by atoms with van der Waals surface area (Å²) in [5, 5.41) is 4.98. The van der Waals surface area contributed by atoms with Gasteiger partial charge in [-0.25, -0.2) is 0 Å². The first-order valence-corrected chi connectivity index (χ1v) is 12.2. The number of aryl methyl sites for hydroxylation is 1. The zero-order valence-electron chi connectivity index (χ0n) is 19.4. The van der Waals surface area contributed by atoms with Crippen LogP contribution in [0.2, 0.25) is 0 Å². The molecule has 1 amide bonds. The van der Waals surface area contributed by atoms with Crippen LogP contribution < -0.4 is 5.32 Å². The van der Waals surface area contributed by atoms with Gasteiger partial charge in [0.25, 0.3) is 0 Å². The van der Waals surface area contributed by atoms with Crippen LogP contribution in [0, 0.1) is 0 Å². The Morgan fingerprint density at radius 2 is 1.64 bits per heavy atom. The van der Waals surface area contributed by atoms with Crippen molar-refractivity contribution in [2.45, 2.75) is 25.9 Å². The second-order valence-corrected chi connectivity index (χ2v) is 9.16. The molecule has 168 valence electrons.